The van der Waals surface area contributed by atoms with Gasteiger partial charge in [0.15, 0.2) is 6.04 Å². The van der Waals surface area contributed by atoms with Gasteiger partial charge in [-0.3, -0.25) is 4.90 Å². The summed E-state index contributed by atoms with van der Waals surface area (Å²) < 4.78 is 10.9. The van der Waals surface area contributed by atoms with Crippen LogP contribution in [0.15, 0.2) is 48.5 Å². The van der Waals surface area contributed by atoms with Gasteiger partial charge in [0.05, 0.1) is 12.2 Å². The van der Waals surface area contributed by atoms with E-state index in [4.69, 9.17) is 9.47 Å². The second-order valence-electron chi connectivity index (χ2n) is 8.41. The molecular formula is C24H29NO6. The molecule has 0 radical (unpaired) electrons. The largest absolute Gasteiger partial charge is 0.480 e. The number of hydrogen-bond acceptors (Lipinski definition) is 5. The van der Waals surface area contributed by atoms with Gasteiger partial charge in [-0.25, -0.2) is 9.59 Å². The summed E-state index contributed by atoms with van der Waals surface area (Å²) in [5.41, 5.74) is 3.51. The first-order chi connectivity index (χ1) is 14.7. The molecule has 3 rings (SSSR count). The number of aliphatic carboxylic acids is 1. The molecule has 1 aliphatic carbocycles. The smallest absolute Gasteiger partial charge is 0.410 e. The topological polar surface area (TPSA) is 96.3 Å². The van der Waals surface area contributed by atoms with Crippen molar-refractivity contribution >= 4 is 12.1 Å². The second-order valence-corrected chi connectivity index (χ2v) is 8.41. The highest BCUT2D eigenvalue weighted by Gasteiger charge is 2.32. The lowest BCUT2D eigenvalue weighted by molar-refractivity contribution is -0.144. The Hall–Kier alpha value is -2.90. The van der Waals surface area contributed by atoms with Crippen LogP contribution < -0.4 is 0 Å². The van der Waals surface area contributed by atoms with Gasteiger partial charge in [-0.15, -0.1) is 0 Å². The molecule has 1 amide bonds. The Kier molecular flexibility index (Phi) is 6.97. The van der Waals surface area contributed by atoms with Crippen LogP contribution >= 0.6 is 0 Å². The van der Waals surface area contributed by atoms with Gasteiger partial charge < -0.3 is 19.7 Å². The molecule has 0 fully saturated rings. The summed E-state index contributed by atoms with van der Waals surface area (Å²) in [4.78, 5) is 25.3. The third-order valence-corrected chi connectivity index (χ3v) is 5.51. The fourth-order valence-electron chi connectivity index (χ4n) is 3.69. The molecule has 1 unspecified atom stereocenters. The first kappa shape index (κ1) is 22.8. The minimum absolute atomic E-state index is 0.101. The van der Waals surface area contributed by atoms with Crippen LogP contribution in [-0.2, 0) is 14.3 Å². The molecule has 1 atom stereocenters. The monoisotopic (exact) mass is 427 g/mol. The standard InChI is InChI=1S/C24H29NO6/c1-24(2,29)12-13-30-15-21(22(26)27)25(3)23(28)31-14-20-18-10-6-4-8-16(18)17-9-5-7-11-19(17)20/h4-11,20-21,29H,12-15H2,1-3H3,(H,26,27). The lowest BCUT2D eigenvalue weighted by Crippen LogP contribution is -2.46. The van der Waals surface area contributed by atoms with E-state index in [-0.39, 0.29) is 25.7 Å². The van der Waals surface area contributed by atoms with E-state index in [1.165, 1.54) is 7.05 Å². The van der Waals surface area contributed by atoms with E-state index in [9.17, 15) is 19.8 Å². The summed E-state index contributed by atoms with van der Waals surface area (Å²) in [6, 6.07) is 14.8. The van der Waals surface area contributed by atoms with Crippen LogP contribution in [0.1, 0.15) is 37.3 Å². The van der Waals surface area contributed by atoms with Crippen LogP contribution in [0, 0.1) is 0 Å². The molecule has 0 heterocycles. The SMILES string of the molecule is CN(C(=O)OCC1c2ccccc2-c2ccccc21)C(COCCC(C)(C)O)C(=O)O. The molecular weight excluding hydrogens is 398 g/mol. The number of likely N-dealkylation sites (N-methyl/N-ethyl adjacent to an activating group) is 1. The molecule has 1 aliphatic rings. The summed E-state index contributed by atoms with van der Waals surface area (Å²) >= 11 is 0. The highest BCUT2D eigenvalue weighted by atomic mass is 16.6. The average molecular weight is 427 g/mol. The minimum atomic E-state index is -1.18. The van der Waals surface area contributed by atoms with E-state index < -0.39 is 23.7 Å². The van der Waals surface area contributed by atoms with Gasteiger partial charge in [-0.2, -0.15) is 0 Å². The number of hydrogen-bond donors (Lipinski definition) is 2. The predicted octanol–water partition coefficient (Wildman–Crippen LogP) is 3.50. The van der Waals surface area contributed by atoms with Gasteiger partial charge in [0, 0.05) is 19.6 Å². The Labute approximate surface area is 182 Å². The Balaban J connectivity index is 1.62. The Bertz CT molecular complexity index is 890. The Morgan fingerprint density at radius 2 is 1.61 bits per heavy atom. The van der Waals surface area contributed by atoms with E-state index in [1.54, 1.807) is 13.8 Å². The van der Waals surface area contributed by atoms with Crippen molar-refractivity contribution in [2.24, 2.45) is 0 Å². The number of nitrogens with zero attached hydrogens (tertiary/aromatic N) is 1. The van der Waals surface area contributed by atoms with Crippen molar-refractivity contribution in [3.63, 3.8) is 0 Å². The third kappa shape index (κ3) is 5.42. The maximum Gasteiger partial charge on any atom is 0.410 e. The van der Waals surface area contributed by atoms with E-state index in [0.717, 1.165) is 27.2 Å². The first-order valence-electron chi connectivity index (χ1n) is 10.3. The normalized spacial score (nSPS) is 13.9. The summed E-state index contributed by atoms with van der Waals surface area (Å²) in [6.45, 7) is 3.41. The van der Waals surface area contributed by atoms with Crippen molar-refractivity contribution in [3.05, 3.63) is 59.7 Å². The molecule has 166 valence electrons. The number of carboxylic acids is 1. The van der Waals surface area contributed by atoms with Crippen molar-refractivity contribution < 1.29 is 29.3 Å². The molecule has 0 saturated heterocycles. The molecule has 2 N–H and O–H groups in total. The quantitative estimate of drug-likeness (QED) is 0.595. The van der Waals surface area contributed by atoms with Gasteiger partial charge in [0.2, 0.25) is 0 Å². The molecule has 31 heavy (non-hydrogen) atoms. The van der Waals surface area contributed by atoms with Gasteiger partial charge in [0.25, 0.3) is 0 Å². The van der Waals surface area contributed by atoms with Crippen LogP contribution in [0.3, 0.4) is 0 Å². The average Bonchev–Trinajstić information content (AvgIpc) is 3.04. The van der Waals surface area contributed by atoms with E-state index in [0.29, 0.717) is 6.42 Å². The van der Waals surface area contributed by atoms with Crippen molar-refractivity contribution in [1.29, 1.82) is 0 Å². The number of amides is 1. The number of carbonyl (C=O) groups is 2. The van der Waals surface area contributed by atoms with Crippen molar-refractivity contribution in [2.45, 2.75) is 37.8 Å². The summed E-state index contributed by atoms with van der Waals surface area (Å²) in [7, 11) is 1.39. The Morgan fingerprint density at radius 1 is 1.06 bits per heavy atom. The zero-order valence-electron chi connectivity index (χ0n) is 18.1. The molecule has 0 aliphatic heterocycles. The number of rotatable bonds is 9. The molecule has 0 spiro atoms. The number of benzene rings is 2. The zero-order chi connectivity index (χ0) is 22.6. The number of ether oxygens (including phenoxy) is 2. The van der Waals surface area contributed by atoms with Gasteiger partial charge in [-0.1, -0.05) is 48.5 Å². The summed E-state index contributed by atoms with van der Waals surface area (Å²) in [6.07, 6.45) is -0.367. The van der Waals surface area contributed by atoms with Gasteiger partial charge in [-0.05, 0) is 42.5 Å². The van der Waals surface area contributed by atoms with Crippen LogP contribution in [0.25, 0.3) is 11.1 Å². The minimum Gasteiger partial charge on any atom is -0.480 e. The van der Waals surface area contributed by atoms with Crippen LogP contribution in [0.5, 0.6) is 0 Å². The lowest BCUT2D eigenvalue weighted by Gasteiger charge is -2.25. The predicted molar refractivity (Wildman–Crippen MR) is 116 cm³/mol. The van der Waals surface area contributed by atoms with E-state index in [1.807, 2.05) is 48.5 Å². The molecule has 0 saturated carbocycles. The fraction of sp³-hybridized carbons (Fsp3) is 0.417. The maximum atomic E-state index is 12.6. The first-order valence-corrected chi connectivity index (χ1v) is 10.3. The maximum absolute atomic E-state index is 12.6. The van der Waals surface area contributed by atoms with Crippen molar-refractivity contribution in [1.82, 2.24) is 4.90 Å². The fourth-order valence-corrected chi connectivity index (χ4v) is 3.69. The summed E-state index contributed by atoms with van der Waals surface area (Å²) in [5.74, 6) is -1.28. The molecule has 7 nitrogen and oxygen atoms in total. The van der Waals surface area contributed by atoms with Crippen molar-refractivity contribution in [3.8, 4) is 11.1 Å². The van der Waals surface area contributed by atoms with E-state index >= 15 is 0 Å². The Morgan fingerprint density at radius 3 is 2.13 bits per heavy atom. The van der Waals surface area contributed by atoms with Crippen LogP contribution in [-0.4, -0.2) is 65.7 Å². The zero-order valence-corrected chi connectivity index (χ0v) is 18.1. The van der Waals surface area contributed by atoms with Crippen LogP contribution in [0.4, 0.5) is 4.79 Å². The van der Waals surface area contributed by atoms with Gasteiger partial charge >= 0.3 is 12.1 Å². The molecule has 7 heteroatoms. The molecule has 2 aromatic rings. The number of aliphatic hydroxyl groups is 1. The second kappa shape index (κ2) is 9.49. The van der Waals surface area contributed by atoms with Gasteiger partial charge in [0.1, 0.15) is 6.61 Å². The number of fused-ring (bicyclic) bond motifs is 3. The third-order valence-electron chi connectivity index (χ3n) is 5.51. The number of carboxylic acid groups (broad SMARTS) is 1. The van der Waals surface area contributed by atoms with E-state index in [2.05, 4.69) is 0 Å². The van der Waals surface area contributed by atoms with Crippen LogP contribution in [0.2, 0.25) is 0 Å². The highest BCUT2D eigenvalue weighted by Crippen LogP contribution is 2.44. The molecule has 0 bridgehead atoms. The number of carbonyl (C=O) groups excluding carboxylic acids is 1. The highest BCUT2D eigenvalue weighted by molar-refractivity contribution is 5.81. The molecule has 0 aromatic heterocycles. The summed E-state index contributed by atoms with van der Waals surface area (Å²) in [5, 5.41) is 19.2. The lowest BCUT2D eigenvalue weighted by atomic mass is 9.98. The van der Waals surface area contributed by atoms with Crippen molar-refractivity contribution in [2.75, 3.05) is 26.9 Å². The molecule has 2 aromatic carbocycles.